The van der Waals surface area contributed by atoms with E-state index in [1.165, 1.54) is 0 Å². The predicted molar refractivity (Wildman–Crippen MR) is 57.6 cm³/mol. The van der Waals surface area contributed by atoms with Crippen LogP contribution in [0.15, 0.2) is 24.4 Å². The first kappa shape index (κ1) is 9.47. The fraction of sp³-hybridized carbons (Fsp3) is 0.167. The second-order valence-electron chi connectivity index (χ2n) is 3.51. The Morgan fingerprint density at radius 1 is 1.53 bits per heavy atom. The largest absolute Gasteiger partial charge is 0.360 e. The average molecular weight is 198 g/mol. The van der Waals surface area contributed by atoms with E-state index in [4.69, 9.17) is 5.26 Å². The Morgan fingerprint density at radius 2 is 2.33 bits per heavy atom. The van der Waals surface area contributed by atoms with Crippen LogP contribution in [0.2, 0.25) is 0 Å². The molecule has 1 N–H and O–H groups in total. The van der Waals surface area contributed by atoms with Gasteiger partial charge in [-0.1, -0.05) is 11.6 Å². The zero-order valence-electron chi connectivity index (χ0n) is 8.37. The number of aryl methyl sites for hydroxylation is 1. The molecule has 0 aliphatic rings. The Morgan fingerprint density at radius 3 is 3.07 bits per heavy atom. The molecule has 2 aromatic rings. The van der Waals surface area contributed by atoms with Crippen LogP contribution in [0.3, 0.4) is 0 Å². The van der Waals surface area contributed by atoms with Crippen LogP contribution in [0, 0.1) is 18.3 Å². The van der Waals surface area contributed by atoms with Crippen molar-refractivity contribution in [3.63, 3.8) is 0 Å². The van der Waals surface area contributed by atoms with Crippen LogP contribution in [-0.4, -0.2) is 10.8 Å². The highest BCUT2D eigenvalue weighted by molar-refractivity contribution is 6.08. The SMILES string of the molecule is Cc1ccc2[nH]cc(C(=O)CC#N)c2c1. The lowest BCUT2D eigenvalue weighted by Gasteiger charge is -1.96. The summed E-state index contributed by atoms with van der Waals surface area (Å²) in [6.07, 6.45) is 1.60. The third-order valence-corrected chi connectivity index (χ3v) is 2.38. The maximum Gasteiger partial charge on any atom is 0.179 e. The molecule has 0 radical (unpaired) electrons. The number of carbonyl (C=O) groups is 1. The highest BCUT2D eigenvalue weighted by Crippen LogP contribution is 2.20. The molecular weight excluding hydrogens is 188 g/mol. The number of hydrogen-bond acceptors (Lipinski definition) is 2. The van der Waals surface area contributed by atoms with E-state index >= 15 is 0 Å². The Labute approximate surface area is 87.3 Å². The van der Waals surface area contributed by atoms with Gasteiger partial charge in [-0.25, -0.2) is 0 Å². The minimum atomic E-state index is -0.130. The molecule has 0 amide bonds. The molecule has 0 spiro atoms. The van der Waals surface area contributed by atoms with Gasteiger partial charge in [0.1, 0.15) is 0 Å². The molecule has 0 saturated heterocycles. The number of carbonyl (C=O) groups excluding carboxylic acids is 1. The number of Topliss-reactive ketones (excluding diaryl/α,β-unsaturated/α-hetero) is 1. The number of benzene rings is 1. The highest BCUT2D eigenvalue weighted by atomic mass is 16.1. The summed E-state index contributed by atoms with van der Waals surface area (Å²) in [6, 6.07) is 7.75. The topological polar surface area (TPSA) is 56.6 Å². The summed E-state index contributed by atoms with van der Waals surface area (Å²) in [7, 11) is 0. The van der Waals surface area contributed by atoms with E-state index < -0.39 is 0 Å². The summed E-state index contributed by atoms with van der Waals surface area (Å²) in [5.41, 5.74) is 2.64. The normalized spacial score (nSPS) is 10.1. The molecule has 2 rings (SSSR count). The number of rotatable bonds is 2. The predicted octanol–water partition coefficient (Wildman–Crippen LogP) is 2.57. The molecule has 1 heterocycles. The quantitative estimate of drug-likeness (QED) is 0.754. The second-order valence-corrected chi connectivity index (χ2v) is 3.51. The smallest absolute Gasteiger partial charge is 0.179 e. The van der Waals surface area contributed by atoms with E-state index in [0.717, 1.165) is 16.5 Å². The van der Waals surface area contributed by atoms with Crippen molar-refractivity contribution in [3.05, 3.63) is 35.5 Å². The number of nitrogens with one attached hydrogen (secondary N) is 1. The van der Waals surface area contributed by atoms with E-state index in [0.29, 0.717) is 5.56 Å². The number of fused-ring (bicyclic) bond motifs is 1. The monoisotopic (exact) mass is 198 g/mol. The van der Waals surface area contributed by atoms with Gasteiger partial charge in [-0.15, -0.1) is 0 Å². The molecule has 0 atom stereocenters. The van der Waals surface area contributed by atoms with E-state index in [1.807, 2.05) is 31.2 Å². The van der Waals surface area contributed by atoms with Crippen LogP contribution in [0.5, 0.6) is 0 Å². The lowest BCUT2D eigenvalue weighted by atomic mass is 10.1. The Kier molecular flexibility index (Phi) is 2.26. The van der Waals surface area contributed by atoms with Crippen molar-refractivity contribution in [3.8, 4) is 6.07 Å². The molecule has 74 valence electrons. The molecule has 1 aromatic heterocycles. The van der Waals surface area contributed by atoms with Crippen molar-refractivity contribution in [2.45, 2.75) is 13.3 Å². The number of ketones is 1. The van der Waals surface area contributed by atoms with Gasteiger partial charge in [-0.2, -0.15) is 5.26 Å². The van der Waals surface area contributed by atoms with Crippen molar-refractivity contribution in [2.24, 2.45) is 0 Å². The summed E-state index contributed by atoms with van der Waals surface area (Å²) in [5.74, 6) is -0.130. The lowest BCUT2D eigenvalue weighted by molar-refractivity contribution is 0.0999. The molecule has 0 aliphatic carbocycles. The Balaban J connectivity index is 2.58. The molecule has 0 bridgehead atoms. The molecule has 0 saturated carbocycles. The van der Waals surface area contributed by atoms with Gasteiger partial charge in [0.2, 0.25) is 0 Å². The van der Waals surface area contributed by atoms with Gasteiger partial charge in [-0.05, 0) is 19.1 Å². The fourth-order valence-electron chi connectivity index (χ4n) is 1.63. The van der Waals surface area contributed by atoms with Crippen LogP contribution in [0.25, 0.3) is 10.9 Å². The maximum absolute atomic E-state index is 11.6. The highest BCUT2D eigenvalue weighted by Gasteiger charge is 2.11. The summed E-state index contributed by atoms with van der Waals surface area (Å²) >= 11 is 0. The molecule has 3 heteroatoms. The second kappa shape index (κ2) is 3.58. The van der Waals surface area contributed by atoms with Crippen molar-refractivity contribution < 1.29 is 4.79 Å². The van der Waals surface area contributed by atoms with Crippen LogP contribution >= 0.6 is 0 Å². The number of aromatic nitrogens is 1. The van der Waals surface area contributed by atoms with Gasteiger partial charge >= 0.3 is 0 Å². The first-order valence-electron chi connectivity index (χ1n) is 4.70. The molecule has 0 unspecified atom stereocenters. The van der Waals surface area contributed by atoms with Gasteiger partial charge in [0.25, 0.3) is 0 Å². The molecule has 3 nitrogen and oxygen atoms in total. The van der Waals surface area contributed by atoms with Gasteiger partial charge in [0, 0.05) is 22.7 Å². The van der Waals surface area contributed by atoms with E-state index in [9.17, 15) is 4.79 Å². The van der Waals surface area contributed by atoms with E-state index in [2.05, 4.69) is 4.98 Å². The van der Waals surface area contributed by atoms with Crippen LogP contribution in [0.1, 0.15) is 22.3 Å². The summed E-state index contributed by atoms with van der Waals surface area (Å²) in [6.45, 7) is 1.98. The first-order valence-corrected chi connectivity index (χ1v) is 4.70. The standard InChI is InChI=1S/C12H10N2O/c1-8-2-3-11-9(6-8)10(7-14-11)12(15)4-5-13/h2-3,6-7,14H,4H2,1H3. The third-order valence-electron chi connectivity index (χ3n) is 2.38. The van der Waals surface area contributed by atoms with E-state index in [1.54, 1.807) is 6.20 Å². The average Bonchev–Trinajstić information content (AvgIpc) is 2.60. The molecule has 0 fully saturated rings. The Bertz CT molecular complexity index is 560. The van der Waals surface area contributed by atoms with Gasteiger partial charge in [0.05, 0.1) is 12.5 Å². The van der Waals surface area contributed by atoms with Crippen LogP contribution < -0.4 is 0 Å². The number of aromatic amines is 1. The first-order chi connectivity index (χ1) is 7.22. The summed E-state index contributed by atoms with van der Waals surface area (Å²) in [4.78, 5) is 14.6. The molecule has 1 aromatic carbocycles. The van der Waals surface area contributed by atoms with Crippen molar-refractivity contribution >= 4 is 16.7 Å². The lowest BCUT2D eigenvalue weighted by Crippen LogP contribution is -1.95. The molecular formula is C12H10N2O. The number of nitriles is 1. The van der Waals surface area contributed by atoms with Crippen molar-refractivity contribution in [1.29, 1.82) is 5.26 Å². The van der Waals surface area contributed by atoms with Crippen molar-refractivity contribution in [2.75, 3.05) is 0 Å². The van der Waals surface area contributed by atoms with E-state index in [-0.39, 0.29) is 12.2 Å². The van der Waals surface area contributed by atoms with Gasteiger partial charge < -0.3 is 4.98 Å². The minimum absolute atomic E-state index is 0.0686. The van der Waals surface area contributed by atoms with Gasteiger partial charge in [-0.3, -0.25) is 4.79 Å². The Hall–Kier alpha value is -2.08. The molecule has 0 aliphatic heterocycles. The third kappa shape index (κ3) is 1.62. The van der Waals surface area contributed by atoms with Gasteiger partial charge in [0.15, 0.2) is 5.78 Å². The number of H-pyrrole nitrogens is 1. The molecule has 15 heavy (non-hydrogen) atoms. The summed E-state index contributed by atoms with van der Waals surface area (Å²) in [5, 5.41) is 9.38. The van der Waals surface area contributed by atoms with Crippen LogP contribution in [-0.2, 0) is 0 Å². The zero-order chi connectivity index (χ0) is 10.8. The fourth-order valence-corrected chi connectivity index (χ4v) is 1.63. The van der Waals surface area contributed by atoms with Crippen molar-refractivity contribution in [1.82, 2.24) is 4.98 Å². The number of nitrogens with zero attached hydrogens (tertiary/aromatic N) is 1. The summed E-state index contributed by atoms with van der Waals surface area (Å²) < 4.78 is 0. The minimum Gasteiger partial charge on any atom is -0.360 e. The zero-order valence-corrected chi connectivity index (χ0v) is 8.37. The number of hydrogen-bond donors (Lipinski definition) is 1. The van der Waals surface area contributed by atoms with Crippen LogP contribution in [0.4, 0.5) is 0 Å². The maximum atomic E-state index is 11.6.